The SMILES string of the molecule is Cc1ccc(NC(=O)COc2ccc(C3C4=C(CCCC4=O)OC4=C3C(=O)CCC4)cc2Cl)cc1. The number of aryl methyl sites for hydroxylation is 1. The molecule has 0 radical (unpaired) electrons. The number of carbonyl (C=O) groups is 3. The van der Waals surface area contributed by atoms with Crippen molar-refractivity contribution < 1.29 is 23.9 Å². The van der Waals surface area contributed by atoms with E-state index >= 15 is 0 Å². The molecule has 0 atom stereocenters. The Morgan fingerprint density at radius 3 is 2.20 bits per heavy atom. The molecule has 6 nitrogen and oxygen atoms in total. The molecular formula is C28H26ClNO5. The normalized spacial score (nSPS) is 18.1. The van der Waals surface area contributed by atoms with E-state index in [1.54, 1.807) is 12.1 Å². The number of allylic oxidation sites excluding steroid dienone is 4. The molecule has 0 fully saturated rings. The minimum atomic E-state index is -0.481. The van der Waals surface area contributed by atoms with Crippen LogP contribution >= 0.6 is 11.6 Å². The van der Waals surface area contributed by atoms with E-state index in [2.05, 4.69) is 5.32 Å². The van der Waals surface area contributed by atoms with Crippen molar-refractivity contribution in [2.24, 2.45) is 0 Å². The van der Waals surface area contributed by atoms with Gasteiger partial charge >= 0.3 is 0 Å². The summed E-state index contributed by atoms with van der Waals surface area (Å²) >= 11 is 6.54. The zero-order chi connectivity index (χ0) is 24.5. The van der Waals surface area contributed by atoms with Crippen LogP contribution in [-0.4, -0.2) is 24.1 Å². The molecule has 2 aromatic rings. The lowest BCUT2D eigenvalue weighted by molar-refractivity contribution is -0.119. The van der Waals surface area contributed by atoms with E-state index in [0.717, 1.165) is 24.0 Å². The maximum Gasteiger partial charge on any atom is 0.262 e. The van der Waals surface area contributed by atoms with Gasteiger partial charge in [0.15, 0.2) is 18.2 Å². The van der Waals surface area contributed by atoms with E-state index < -0.39 is 5.92 Å². The summed E-state index contributed by atoms with van der Waals surface area (Å²) in [5.41, 5.74) is 3.69. The number of rotatable bonds is 5. The third kappa shape index (κ3) is 4.76. The van der Waals surface area contributed by atoms with Crippen molar-refractivity contribution in [3.63, 3.8) is 0 Å². The number of anilines is 1. The Labute approximate surface area is 208 Å². The van der Waals surface area contributed by atoms with Gasteiger partial charge in [-0.05, 0) is 49.6 Å². The molecule has 35 heavy (non-hydrogen) atoms. The van der Waals surface area contributed by atoms with E-state index in [4.69, 9.17) is 21.1 Å². The highest BCUT2D eigenvalue weighted by molar-refractivity contribution is 6.32. The first-order chi connectivity index (χ1) is 16.9. The fourth-order valence-corrected chi connectivity index (χ4v) is 5.19. The number of carbonyl (C=O) groups excluding carboxylic acids is 3. The predicted octanol–water partition coefficient (Wildman–Crippen LogP) is 5.79. The van der Waals surface area contributed by atoms with Crippen molar-refractivity contribution in [3.8, 4) is 5.75 Å². The standard InChI is InChI=1S/C28H26ClNO5/c1-16-8-11-18(12-9-16)30-25(33)15-34-22-13-10-17(14-19(22)29)26-27-20(31)4-2-6-23(27)35-24-7-3-5-21(32)28(24)26/h8-14,26H,2-7,15H2,1H3,(H,30,33). The maximum atomic E-state index is 12.9. The van der Waals surface area contributed by atoms with Crippen LogP contribution in [0.3, 0.4) is 0 Å². The Hall–Kier alpha value is -3.38. The second-order valence-electron chi connectivity index (χ2n) is 9.15. The van der Waals surface area contributed by atoms with Gasteiger partial charge in [0.1, 0.15) is 17.3 Å². The number of amides is 1. The van der Waals surface area contributed by atoms with Gasteiger partial charge in [-0.3, -0.25) is 14.4 Å². The highest BCUT2D eigenvalue weighted by Gasteiger charge is 2.41. The topological polar surface area (TPSA) is 81.7 Å². The summed E-state index contributed by atoms with van der Waals surface area (Å²) in [4.78, 5) is 38.1. The van der Waals surface area contributed by atoms with E-state index in [9.17, 15) is 14.4 Å². The molecule has 1 N–H and O–H groups in total. The summed E-state index contributed by atoms with van der Waals surface area (Å²) in [6.45, 7) is 1.77. The van der Waals surface area contributed by atoms with Crippen molar-refractivity contribution >= 4 is 34.8 Å². The molecule has 3 aliphatic rings. The molecule has 0 unspecified atom stereocenters. The first-order valence-electron chi connectivity index (χ1n) is 11.9. The van der Waals surface area contributed by atoms with Gasteiger partial charge < -0.3 is 14.8 Å². The number of Topliss-reactive ketones (excluding diaryl/α,β-unsaturated/α-hetero) is 2. The van der Waals surface area contributed by atoms with Crippen LogP contribution in [0.2, 0.25) is 5.02 Å². The van der Waals surface area contributed by atoms with Crippen molar-refractivity contribution in [2.45, 2.75) is 51.4 Å². The van der Waals surface area contributed by atoms with Gasteiger partial charge in [0.2, 0.25) is 0 Å². The molecule has 0 saturated heterocycles. The van der Waals surface area contributed by atoms with Crippen LogP contribution < -0.4 is 10.1 Å². The smallest absolute Gasteiger partial charge is 0.262 e. The second-order valence-corrected chi connectivity index (χ2v) is 9.56. The monoisotopic (exact) mass is 491 g/mol. The molecule has 0 bridgehead atoms. The van der Waals surface area contributed by atoms with Gasteiger partial charge in [-0.15, -0.1) is 0 Å². The summed E-state index contributed by atoms with van der Waals surface area (Å²) < 4.78 is 11.7. The lowest BCUT2D eigenvalue weighted by Crippen LogP contribution is -2.30. The molecule has 2 aromatic carbocycles. The Balaban J connectivity index is 1.37. The molecule has 7 heteroatoms. The highest BCUT2D eigenvalue weighted by atomic mass is 35.5. The number of nitrogens with one attached hydrogen (secondary N) is 1. The Morgan fingerprint density at radius 2 is 1.60 bits per heavy atom. The minimum Gasteiger partial charge on any atom is -0.482 e. The maximum absolute atomic E-state index is 12.9. The first kappa shape index (κ1) is 23.4. The van der Waals surface area contributed by atoms with E-state index in [1.807, 2.05) is 37.3 Å². The zero-order valence-corrected chi connectivity index (χ0v) is 20.2. The van der Waals surface area contributed by atoms with Gasteiger partial charge in [0, 0.05) is 48.4 Å². The average molecular weight is 492 g/mol. The molecular weight excluding hydrogens is 466 g/mol. The van der Waals surface area contributed by atoms with Crippen molar-refractivity contribution in [3.05, 3.63) is 81.3 Å². The van der Waals surface area contributed by atoms with Gasteiger partial charge in [-0.25, -0.2) is 0 Å². The lowest BCUT2D eigenvalue weighted by atomic mass is 9.73. The first-order valence-corrected chi connectivity index (χ1v) is 12.3. The van der Waals surface area contributed by atoms with E-state index in [1.165, 1.54) is 0 Å². The molecule has 1 heterocycles. The molecule has 0 spiro atoms. The molecule has 1 amide bonds. The van der Waals surface area contributed by atoms with Crippen molar-refractivity contribution in [1.29, 1.82) is 0 Å². The van der Waals surface area contributed by atoms with Crippen molar-refractivity contribution in [2.75, 3.05) is 11.9 Å². The number of ether oxygens (including phenoxy) is 2. The molecule has 5 rings (SSSR count). The Kier molecular flexibility index (Phi) is 6.48. The van der Waals surface area contributed by atoms with Crippen LogP contribution in [0.25, 0.3) is 0 Å². The van der Waals surface area contributed by atoms with Crippen LogP contribution in [-0.2, 0) is 19.1 Å². The number of hydrogen-bond acceptors (Lipinski definition) is 5. The average Bonchev–Trinajstić information content (AvgIpc) is 2.84. The number of ketones is 2. The molecule has 1 aliphatic heterocycles. The quantitative estimate of drug-likeness (QED) is 0.572. The fraction of sp³-hybridized carbons (Fsp3) is 0.321. The Morgan fingerprint density at radius 1 is 0.971 bits per heavy atom. The van der Waals surface area contributed by atoms with Crippen LogP contribution in [0.4, 0.5) is 5.69 Å². The minimum absolute atomic E-state index is 0.0189. The third-order valence-corrected chi connectivity index (χ3v) is 6.92. The number of halogens is 1. The van der Waals surface area contributed by atoms with Gasteiger partial charge in [0.25, 0.3) is 5.91 Å². The fourth-order valence-electron chi connectivity index (χ4n) is 4.94. The van der Waals surface area contributed by atoms with Gasteiger partial charge in [0.05, 0.1) is 5.02 Å². The number of hydrogen-bond donors (Lipinski definition) is 1. The van der Waals surface area contributed by atoms with Crippen molar-refractivity contribution in [1.82, 2.24) is 0 Å². The highest BCUT2D eigenvalue weighted by Crippen LogP contribution is 2.48. The van der Waals surface area contributed by atoms with Crippen LogP contribution in [0.5, 0.6) is 5.75 Å². The zero-order valence-electron chi connectivity index (χ0n) is 19.5. The summed E-state index contributed by atoms with van der Waals surface area (Å²) in [6.07, 6.45) is 3.76. The van der Waals surface area contributed by atoms with Gasteiger partial charge in [-0.1, -0.05) is 35.4 Å². The van der Waals surface area contributed by atoms with Crippen LogP contribution in [0, 0.1) is 6.92 Å². The second kappa shape index (κ2) is 9.70. The largest absolute Gasteiger partial charge is 0.482 e. The lowest BCUT2D eigenvalue weighted by Gasteiger charge is -2.36. The summed E-state index contributed by atoms with van der Waals surface area (Å²) in [6, 6.07) is 12.7. The summed E-state index contributed by atoms with van der Waals surface area (Å²) in [5, 5.41) is 3.10. The summed E-state index contributed by atoms with van der Waals surface area (Å²) in [7, 11) is 0. The van der Waals surface area contributed by atoms with Crippen LogP contribution in [0.1, 0.15) is 55.6 Å². The number of benzene rings is 2. The summed E-state index contributed by atoms with van der Waals surface area (Å²) in [5.74, 6) is 0.980. The third-order valence-electron chi connectivity index (χ3n) is 6.62. The Bertz CT molecular complexity index is 1230. The molecule has 0 aromatic heterocycles. The molecule has 0 saturated carbocycles. The van der Waals surface area contributed by atoms with Gasteiger partial charge in [-0.2, -0.15) is 0 Å². The van der Waals surface area contributed by atoms with E-state index in [-0.39, 0.29) is 24.1 Å². The molecule has 180 valence electrons. The van der Waals surface area contributed by atoms with Crippen LogP contribution in [0.15, 0.2) is 65.1 Å². The predicted molar refractivity (Wildman–Crippen MR) is 132 cm³/mol. The van der Waals surface area contributed by atoms with E-state index in [0.29, 0.717) is 64.8 Å². The molecule has 2 aliphatic carbocycles.